The van der Waals surface area contributed by atoms with Crippen molar-refractivity contribution in [2.75, 3.05) is 0 Å². The summed E-state index contributed by atoms with van der Waals surface area (Å²) in [5.41, 5.74) is 13.9. The van der Waals surface area contributed by atoms with E-state index in [0.29, 0.717) is 35.5 Å². The van der Waals surface area contributed by atoms with Gasteiger partial charge < -0.3 is 24.8 Å². The Morgan fingerprint density at radius 1 is 0.436 bits per heavy atom. The minimum Gasteiger partial charge on any atom is -1.00 e. The van der Waals surface area contributed by atoms with Gasteiger partial charge in [0.2, 0.25) is 0 Å². The van der Waals surface area contributed by atoms with Gasteiger partial charge in [0.25, 0.3) is 0 Å². The van der Waals surface area contributed by atoms with Crippen molar-refractivity contribution in [2.24, 2.45) is 0 Å². The molecular weight excluding hydrogens is 573 g/mol. The van der Waals surface area contributed by atoms with Crippen molar-refractivity contribution in [1.29, 1.82) is 0 Å². The summed E-state index contributed by atoms with van der Waals surface area (Å²) in [4.78, 5) is 0. The zero-order chi connectivity index (χ0) is 26.9. The van der Waals surface area contributed by atoms with E-state index in [0.717, 1.165) is 0 Å². The summed E-state index contributed by atoms with van der Waals surface area (Å²) in [7, 11) is 0. The largest absolute Gasteiger partial charge is 1.00 e. The first-order valence-corrected chi connectivity index (χ1v) is 14.2. The third kappa shape index (κ3) is 8.45. The minimum absolute atomic E-state index is 0. The van der Waals surface area contributed by atoms with Gasteiger partial charge in [-0.3, -0.25) is 0 Å². The molecule has 0 unspecified atom stereocenters. The van der Waals surface area contributed by atoms with Gasteiger partial charge in [-0.15, -0.1) is 0 Å². The smallest absolute Gasteiger partial charge is 0 e. The van der Waals surface area contributed by atoms with E-state index in [1.807, 2.05) is 0 Å². The van der Waals surface area contributed by atoms with Crippen LogP contribution in [0.15, 0.2) is 42.5 Å². The molecule has 0 N–H and O–H groups in total. The molecule has 0 saturated carbocycles. The number of rotatable bonds is 8. The molecule has 3 rings (SSSR count). The molecule has 0 aliphatic rings. The quantitative estimate of drug-likeness (QED) is 0.304. The van der Waals surface area contributed by atoms with Crippen molar-refractivity contribution in [3.63, 3.8) is 0 Å². The first kappa shape index (κ1) is 37.9. The Morgan fingerprint density at radius 2 is 0.692 bits per heavy atom. The van der Waals surface area contributed by atoms with Crippen LogP contribution < -0.4 is 24.8 Å². The molecule has 0 fully saturated rings. The molecule has 0 heterocycles. The Morgan fingerprint density at radius 3 is 0.897 bits per heavy atom. The summed E-state index contributed by atoms with van der Waals surface area (Å²) in [6, 6.07) is 20.6. The maximum absolute atomic E-state index is 3.96. The zero-order valence-corrected chi connectivity index (χ0v) is 30.3. The average Bonchev–Trinajstić information content (AvgIpc) is 2.81. The summed E-state index contributed by atoms with van der Waals surface area (Å²) >= 11 is 0. The fourth-order valence-electron chi connectivity index (χ4n) is 5.29. The van der Waals surface area contributed by atoms with Gasteiger partial charge in [-0.05, 0) is 97.2 Å². The fraction of sp³-hybridized carbons (Fsp3) is 0.500. The van der Waals surface area contributed by atoms with Crippen LogP contribution in [-0.4, -0.2) is 19.8 Å². The first-order chi connectivity index (χ1) is 16.8. The maximum atomic E-state index is 3.96. The zero-order valence-electron chi connectivity index (χ0n) is 26.3. The molecule has 3 heteroatoms. The van der Waals surface area contributed by atoms with Gasteiger partial charge in [0.05, 0.1) is 0 Å². The first-order valence-electron chi connectivity index (χ1n) is 14.2. The van der Waals surface area contributed by atoms with E-state index in [4.69, 9.17) is 0 Å². The van der Waals surface area contributed by atoms with Crippen LogP contribution in [0.25, 0.3) is 22.3 Å². The predicted molar refractivity (Wildman–Crippen MR) is 166 cm³/mol. The Bertz CT molecular complexity index is 1050. The van der Waals surface area contributed by atoms with Crippen molar-refractivity contribution in [3.05, 3.63) is 81.9 Å². The van der Waals surface area contributed by atoms with Crippen molar-refractivity contribution >= 4 is 19.8 Å². The number of hydrogen-bond acceptors (Lipinski definition) is 0. The summed E-state index contributed by atoms with van der Waals surface area (Å²) in [6.45, 7) is 27.8. The summed E-state index contributed by atoms with van der Waals surface area (Å²) in [5.74, 6) is 2.86. The van der Waals surface area contributed by atoms with E-state index in [9.17, 15) is 0 Å². The van der Waals surface area contributed by atoms with Crippen LogP contribution in [0.3, 0.4) is 0 Å². The molecule has 0 nitrogen and oxygen atoms in total. The molecular formula is C36H49Cl2Ga-2. The van der Waals surface area contributed by atoms with Crippen LogP contribution in [0, 0.1) is 6.07 Å². The van der Waals surface area contributed by atoms with Gasteiger partial charge in [0, 0.05) is 19.8 Å². The van der Waals surface area contributed by atoms with Gasteiger partial charge in [-0.25, -0.2) is 0 Å². The Kier molecular flexibility index (Phi) is 15.3. The maximum Gasteiger partial charge on any atom is 0 e. The van der Waals surface area contributed by atoms with E-state index >= 15 is 0 Å². The topological polar surface area (TPSA) is 0 Å². The molecule has 0 saturated heterocycles. The molecule has 0 atom stereocenters. The minimum atomic E-state index is 0. The van der Waals surface area contributed by atoms with E-state index in [1.165, 1.54) is 55.6 Å². The van der Waals surface area contributed by atoms with Crippen molar-refractivity contribution < 1.29 is 24.8 Å². The number of hydrogen-bond donors (Lipinski definition) is 0. The summed E-state index contributed by atoms with van der Waals surface area (Å²) in [6.07, 6.45) is 0. The molecule has 0 aliphatic heterocycles. The molecule has 0 spiro atoms. The third-order valence-corrected chi connectivity index (χ3v) is 7.60. The Labute approximate surface area is 266 Å². The second-order valence-electron chi connectivity index (χ2n) is 12.6. The van der Waals surface area contributed by atoms with E-state index in [-0.39, 0.29) is 44.6 Å². The molecule has 3 aromatic carbocycles. The second kappa shape index (κ2) is 15.8. The number of benzene rings is 3. The number of halogens is 2. The van der Waals surface area contributed by atoms with Crippen molar-refractivity contribution in [3.8, 4) is 22.3 Å². The summed E-state index contributed by atoms with van der Waals surface area (Å²) in [5, 5.41) is 0. The Hall–Kier alpha value is -1.12. The van der Waals surface area contributed by atoms with Crippen LogP contribution in [0.4, 0.5) is 0 Å². The van der Waals surface area contributed by atoms with Crippen LogP contribution in [0.2, 0.25) is 0 Å². The Balaban J connectivity index is 0.00000481. The molecule has 0 aliphatic carbocycles. The average molecular weight is 622 g/mol. The monoisotopic (exact) mass is 620 g/mol. The van der Waals surface area contributed by atoms with E-state index in [2.05, 4.69) is 132 Å². The van der Waals surface area contributed by atoms with Gasteiger partial charge in [-0.1, -0.05) is 126 Å². The molecule has 0 aromatic heterocycles. The van der Waals surface area contributed by atoms with Gasteiger partial charge in [0.1, 0.15) is 0 Å². The SMILES string of the molecule is CC(C)c1cc(C(C)C)c(-c2[c]c(-c3c(C(C)C)cc(C(C)C)cc3C(C)C)ccc2)c(C(C)C)c1.[Cl-].[Cl-].[Ga]. The standard InChI is InChI=1S/C36H49.2ClH.Ga/c1-21(2)29-17-31(23(5)6)35(32(18-29)24(7)8)27-14-13-15-28(16-27)36-33(25(9)10)19-30(22(3)4)20-34(36)26(11)12;;;/h13-15,17-26H,1-12H3;2*1H;/p-2. The van der Waals surface area contributed by atoms with Crippen LogP contribution in [0.1, 0.15) is 152 Å². The molecule has 4 radical (unpaired) electrons. The van der Waals surface area contributed by atoms with E-state index < -0.39 is 0 Å². The van der Waals surface area contributed by atoms with Crippen LogP contribution in [-0.2, 0) is 0 Å². The summed E-state index contributed by atoms with van der Waals surface area (Å²) < 4.78 is 0. The molecule has 0 amide bonds. The second-order valence-corrected chi connectivity index (χ2v) is 12.6. The van der Waals surface area contributed by atoms with Gasteiger partial charge in [0.15, 0.2) is 0 Å². The molecule has 3 aromatic rings. The van der Waals surface area contributed by atoms with Gasteiger partial charge >= 0.3 is 0 Å². The molecule has 0 bridgehead atoms. The molecule has 39 heavy (non-hydrogen) atoms. The fourth-order valence-corrected chi connectivity index (χ4v) is 5.29. The molecule has 212 valence electrons. The third-order valence-electron chi connectivity index (χ3n) is 7.60. The van der Waals surface area contributed by atoms with Crippen molar-refractivity contribution in [2.45, 2.75) is 119 Å². The van der Waals surface area contributed by atoms with Gasteiger partial charge in [-0.2, -0.15) is 0 Å². The van der Waals surface area contributed by atoms with E-state index in [1.54, 1.807) is 0 Å². The van der Waals surface area contributed by atoms with Crippen LogP contribution >= 0.6 is 0 Å². The predicted octanol–water partition coefficient (Wildman–Crippen LogP) is 5.19. The normalized spacial score (nSPS) is 11.3. The van der Waals surface area contributed by atoms with Crippen molar-refractivity contribution in [1.82, 2.24) is 0 Å². The van der Waals surface area contributed by atoms with Crippen LogP contribution in [0.5, 0.6) is 0 Å².